The molecular formula is C27H28N4O2S. The van der Waals surface area contributed by atoms with Crippen molar-refractivity contribution in [3.63, 3.8) is 0 Å². The van der Waals surface area contributed by atoms with E-state index >= 15 is 0 Å². The van der Waals surface area contributed by atoms with Gasteiger partial charge in [-0.05, 0) is 49.8 Å². The molecule has 0 unspecified atom stereocenters. The zero-order chi connectivity index (χ0) is 23.7. The van der Waals surface area contributed by atoms with Crippen LogP contribution >= 0.6 is 11.3 Å². The van der Waals surface area contributed by atoms with E-state index in [9.17, 15) is 9.59 Å². The number of nitrogens with zero attached hydrogens (tertiary/aromatic N) is 3. The molecule has 6 nitrogen and oxygen atoms in total. The van der Waals surface area contributed by atoms with Crippen molar-refractivity contribution in [1.82, 2.24) is 19.6 Å². The van der Waals surface area contributed by atoms with Crippen molar-refractivity contribution < 1.29 is 9.59 Å². The van der Waals surface area contributed by atoms with E-state index in [0.717, 1.165) is 35.5 Å². The summed E-state index contributed by atoms with van der Waals surface area (Å²) >= 11 is 1.50. The lowest BCUT2D eigenvalue weighted by Gasteiger charge is -2.24. The van der Waals surface area contributed by atoms with Gasteiger partial charge in [-0.2, -0.15) is 0 Å². The molecule has 7 heteroatoms. The Bertz CT molecular complexity index is 1330. The normalized spacial score (nSPS) is 13.2. The lowest BCUT2D eigenvalue weighted by atomic mass is 9.98. The minimum absolute atomic E-state index is 0.0121. The van der Waals surface area contributed by atoms with E-state index in [-0.39, 0.29) is 11.8 Å². The van der Waals surface area contributed by atoms with Crippen LogP contribution in [0.3, 0.4) is 0 Å². The first-order valence-electron chi connectivity index (χ1n) is 11.7. The predicted octanol–water partition coefficient (Wildman–Crippen LogP) is 4.96. The van der Waals surface area contributed by atoms with E-state index in [1.165, 1.54) is 16.9 Å². The summed E-state index contributed by atoms with van der Waals surface area (Å²) < 4.78 is 1.82. The Morgan fingerprint density at radius 1 is 1.12 bits per heavy atom. The minimum atomic E-state index is -0.165. The molecule has 0 aliphatic heterocycles. The molecule has 2 heterocycles. The number of carbonyl (C=O) groups is 2. The zero-order valence-electron chi connectivity index (χ0n) is 19.5. The molecule has 2 amide bonds. The molecule has 1 saturated carbocycles. The second kappa shape index (κ2) is 9.43. The lowest BCUT2D eigenvalue weighted by molar-refractivity contribution is 0.0741. The van der Waals surface area contributed by atoms with E-state index in [0.29, 0.717) is 36.0 Å². The van der Waals surface area contributed by atoms with E-state index < -0.39 is 0 Å². The van der Waals surface area contributed by atoms with E-state index in [4.69, 9.17) is 0 Å². The quantitative estimate of drug-likeness (QED) is 0.394. The minimum Gasteiger partial charge on any atom is -0.349 e. The fraction of sp³-hybridized carbons (Fsp3) is 0.296. The first-order chi connectivity index (χ1) is 16.5. The van der Waals surface area contributed by atoms with Crippen LogP contribution in [0.2, 0.25) is 0 Å². The van der Waals surface area contributed by atoms with Gasteiger partial charge in [0.25, 0.3) is 11.8 Å². The Morgan fingerprint density at radius 3 is 2.65 bits per heavy atom. The molecule has 1 aliphatic rings. The Kier molecular flexibility index (Phi) is 6.20. The summed E-state index contributed by atoms with van der Waals surface area (Å²) in [6, 6.07) is 16.0. The number of imidazole rings is 1. The van der Waals surface area contributed by atoms with Gasteiger partial charge in [0.2, 0.25) is 0 Å². The van der Waals surface area contributed by atoms with Gasteiger partial charge in [-0.3, -0.25) is 14.0 Å². The van der Waals surface area contributed by atoms with Crippen LogP contribution in [-0.2, 0) is 0 Å². The molecule has 174 valence electrons. The molecule has 0 spiro atoms. The molecule has 4 aromatic rings. The van der Waals surface area contributed by atoms with Gasteiger partial charge in [0.05, 0.1) is 5.69 Å². The largest absolute Gasteiger partial charge is 0.349 e. The molecule has 0 saturated heterocycles. The second-order valence-electron chi connectivity index (χ2n) is 8.96. The maximum atomic E-state index is 13.7. The highest BCUT2D eigenvalue weighted by molar-refractivity contribution is 7.15. The highest BCUT2D eigenvalue weighted by atomic mass is 32.1. The van der Waals surface area contributed by atoms with Crippen LogP contribution in [0.25, 0.3) is 16.1 Å². The van der Waals surface area contributed by atoms with Crippen LogP contribution in [-0.4, -0.2) is 45.7 Å². The maximum absolute atomic E-state index is 13.7. The molecule has 0 atom stereocenters. The van der Waals surface area contributed by atoms with Crippen LogP contribution < -0.4 is 5.32 Å². The molecule has 0 radical (unpaired) electrons. The summed E-state index contributed by atoms with van der Waals surface area (Å²) in [5.74, 6) is 0.397. The Morgan fingerprint density at radius 2 is 1.88 bits per heavy atom. The van der Waals surface area contributed by atoms with Crippen molar-refractivity contribution in [3.05, 3.63) is 82.6 Å². The van der Waals surface area contributed by atoms with Crippen molar-refractivity contribution in [2.75, 3.05) is 19.6 Å². The predicted molar refractivity (Wildman–Crippen MR) is 135 cm³/mol. The summed E-state index contributed by atoms with van der Waals surface area (Å²) in [7, 11) is 0. The van der Waals surface area contributed by atoms with Gasteiger partial charge in [0.1, 0.15) is 5.69 Å². The number of amides is 2. The van der Waals surface area contributed by atoms with E-state index in [1.54, 1.807) is 0 Å². The third kappa shape index (κ3) is 4.61. The molecular weight excluding hydrogens is 444 g/mol. The number of benzene rings is 2. The van der Waals surface area contributed by atoms with Gasteiger partial charge in [0.15, 0.2) is 4.96 Å². The Balaban J connectivity index is 1.32. The molecule has 1 fully saturated rings. The summed E-state index contributed by atoms with van der Waals surface area (Å²) in [6.07, 6.45) is 4.17. The summed E-state index contributed by atoms with van der Waals surface area (Å²) in [5.41, 5.74) is 5.12. The van der Waals surface area contributed by atoms with Crippen molar-refractivity contribution in [2.45, 2.75) is 26.7 Å². The molecule has 0 bridgehead atoms. The van der Waals surface area contributed by atoms with Gasteiger partial charge < -0.3 is 10.2 Å². The van der Waals surface area contributed by atoms with Crippen LogP contribution in [0.4, 0.5) is 0 Å². The number of fused-ring (bicyclic) bond motifs is 1. The first kappa shape index (κ1) is 22.3. The topological polar surface area (TPSA) is 66.7 Å². The van der Waals surface area contributed by atoms with Gasteiger partial charge in [-0.1, -0.05) is 48.0 Å². The molecule has 34 heavy (non-hydrogen) atoms. The third-order valence-corrected chi connectivity index (χ3v) is 7.06. The van der Waals surface area contributed by atoms with Crippen LogP contribution in [0.15, 0.2) is 60.1 Å². The van der Waals surface area contributed by atoms with Gasteiger partial charge in [-0.25, -0.2) is 4.98 Å². The molecule has 2 aromatic carbocycles. The molecule has 5 rings (SSSR count). The van der Waals surface area contributed by atoms with Gasteiger partial charge in [0, 0.05) is 36.8 Å². The molecule has 1 aliphatic carbocycles. The van der Waals surface area contributed by atoms with Crippen molar-refractivity contribution in [3.8, 4) is 11.1 Å². The highest BCUT2D eigenvalue weighted by Gasteiger charge is 2.28. The number of aryl methyl sites for hydroxylation is 2. The maximum Gasteiger partial charge on any atom is 0.270 e. The Labute approximate surface area is 203 Å². The van der Waals surface area contributed by atoms with Crippen molar-refractivity contribution in [1.29, 1.82) is 0 Å². The number of hydrogen-bond donors (Lipinski definition) is 1. The Hall–Kier alpha value is -3.45. The van der Waals surface area contributed by atoms with E-state index in [1.807, 2.05) is 52.1 Å². The fourth-order valence-electron chi connectivity index (χ4n) is 4.27. The summed E-state index contributed by atoms with van der Waals surface area (Å²) in [4.78, 5) is 33.7. The molecule has 2 aromatic heterocycles. The number of aromatic nitrogens is 2. The fourth-order valence-corrected chi connectivity index (χ4v) is 5.03. The number of nitrogens with one attached hydrogen (secondary N) is 1. The van der Waals surface area contributed by atoms with Crippen LogP contribution in [0, 0.1) is 19.8 Å². The standard InChI is InChI=1S/C27H28N4O2S/c1-18-7-11-21(12-8-18)22-5-3-4-6-23(22)26(33)30(17-20-9-10-20)14-13-28-25(32)24-19(2)29-27-31(24)15-16-34-27/h3-8,11-12,15-16,20H,9-10,13-14,17H2,1-2H3,(H,28,32). The monoisotopic (exact) mass is 472 g/mol. The van der Waals surface area contributed by atoms with Gasteiger partial charge in [-0.15, -0.1) is 11.3 Å². The first-order valence-corrected chi connectivity index (χ1v) is 12.5. The summed E-state index contributed by atoms with van der Waals surface area (Å²) in [6.45, 7) is 5.48. The summed E-state index contributed by atoms with van der Waals surface area (Å²) in [5, 5.41) is 4.92. The van der Waals surface area contributed by atoms with Gasteiger partial charge >= 0.3 is 0 Å². The van der Waals surface area contributed by atoms with Crippen molar-refractivity contribution in [2.24, 2.45) is 5.92 Å². The lowest BCUT2D eigenvalue weighted by Crippen LogP contribution is -2.40. The average molecular weight is 473 g/mol. The van der Waals surface area contributed by atoms with Crippen LogP contribution in [0.1, 0.15) is 44.9 Å². The number of thiazole rings is 1. The van der Waals surface area contributed by atoms with E-state index in [2.05, 4.69) is 41.5 Å². The zero-order valence-corrected chi connectivity index (χ0v) is 20.3. The number of hydrogen-bond acceptors (Lipinski definition) is 4. The SMILES string of the molecule is Cc1ccc(-c2ccccc2C(=O)N(CCNC(=O)c2c(C)nc3sccn23)CC2CC2)cc1. The molecule has 1 N–H and O–H groups in total. The highest BCUT2D eigenvalue weighted by Crippen LogP contribution is 2.31. The average Bonchev–Trinajstić information content (AvgIpc) is 3.45. The number of rotatable bonds is 8. The smallest absolute Gasteiger partial charge is 0.270 e. The number of carbonyl (C=O) groups excluding carboxylic acids is 2. The third-order valence-electron chi connectivity index (χ3n) is 6.30. The van der Waals surface area contributed by atoms with Crippen molar-refractivity contribution >= 4 is 28.1 Å². The van der Waals surface area contributed by atoms with Crippen LogP contribution in [0.5, 0.6) is 0 Å². The second-order valence-corrected chi connectivity index (χ2v) is 9.84.